The van der Waals surface area contributed by atoms with Crippen molar-refractivity contribution < 1.29 is 22.6 Å². The predicted molar refractivity (Wildman–Crippen MR) is 73.2 cm³/mol. The number of nitrogens with two attached hydrogens (primary N) is 1. The van der Waals surface area contributed by atoms with E-state index in [-0.39, 0.29) is 24.3 Å². The Morgan fingerprint density at radius 3 is 2.76 bits per heavy atom. The maximum atomic E-state index is 13.1. The lowest BCUT2D eigenvalue weighted by atomic mass is 10.0. The zero-order chi connectivity index (χ0) is 15.5. The predicted octanol–water partition coefficient (Wildman–Crippen LogP) is 3.01. The first kappa shape index (κ1) is 16.1. The van der Waals surface area contributed by atoms with Gasteiger partial charge in [0.05, 0.1) is 18.8 Å². The summed E-state index contributed by atoms with van der Waals surface area (Å²) in [6.45, 7) is 3.20. The minimum atomic E-state index is -4.44. The van der Waals surface area contributed by atoms with Gasteiger partial charge in [-0.1, -0.05) is 6.07 Å². The van der Waals surface area contributed by atoms with Crippen molar-refractivity contribution in [3.63, 3.8) is 0 Å². The molecule has 1 saturated heterocycles. The number of ether oxygens (including phenoxy) is 2. The van der Waals surface area contributed by atoms with Gasteiger partial charge in [-0.05, 0) is 37.5 Å². The van der Waals surface area contributed by atoms with Crippen LogP contribution in [-0.2, 0) is 17.3 Å². The average molecular weight is 303 g/mol. The Hall–Kier alpha value is -1.27. The lowest BCUT2D eigenvalue weighted by Crippen LogP contribution is -2.19. The van der Waals surface area contributed by atoms with Gasteiger partial charge in [-0.25, -0.2) is 0 Å². The quantitative estimate of drug-likeness (QED) is 0.909. The van der Waals surface area contributed by atoms with Crippen LogP contribution in [0, 0.1) is 5.92 Å². The summed E-state index contributed by atoms with van der Waals surface area (Å²) in [5, 5.41) is 0. The lowest BCUT2D eigenvalue weighted by molar-refractivity contribution is -0.139. The summed E-state index contributed by atoms with van der Waals surface area (Å²) >= 11 is 0. The van der Waals surface area contributed by atoms with Crippen molar-refractivity contribution in [2.45, 2.75) is 32.0 Å². The summed E-state index contributed by atoms with van der Waals surface area (Å²) in [7, 11) is 0. The fourth-order valence-corrected chi connectivity index (χ4v) is 2.35. The van der Waals surface area contributed by atoms with Crippen LogP contribution in [0.1, 0.15) is 24.5 Å². The van der Waals surface area contributed by atoms with E-state index >= 15 is 0 Å². The van der Waals surface area contributed by atoms with Crippen molar-refractivity contribution in [2.75, 3.05) is 19.8 Å². The molecule has 1 aliphatic heterocycles. The highest BCUT2D eigenvalue weighted by Gasteiger charge is 2.35. The summed E-state index contributed by atoms with van der Waals surface area (Å²) in [5.74, 6) is 0.0395. The maximum absolute atomic E-state index is 13.1. The van der Waals surface area contributed by atoms with Gasteiger partial charge >= 0.3 is 6.18 Å². The molecule has 2 unspecified atom stereocenters. The highest BCUT2D eigenvalue weighted by molar-refractivity contribution is 5.39. The van der Waals surface area contributed by atoms with Crippen LogP contribution in [-0.4, -0.2) is 25.9 Å². The molecule has 1 fully saturated rings. The Morgan fingerprint density at radius 1 is 1.43 bits per heavy atom. The van der Waals surface area contributed by atoms with E-state index in [1.54, 1.807) is 13.0 Å². The first-order valence-corrected chi connectivity index (χ1v) is 7.02. The van der Waals surface area contributed by atoms with Gasteiger partial charge < -0.3 is 15.2 Å². The molecule has 0 aliphatic carbocycles. The van der Waals surface area contributed by atoms with Gasteiger partial charge in [0, 0.05) is 18.6 Å². The molecule has 2 rings (SSSR count). The molecule has 1 heterocycles. The van der Waals surface area contributed by atoms with Crippen LogP contribution in [0.4, 0.5) is 13.2 Å². The zero-order valence-electron chi connectivity index (χ0n) is 12.0. The average Bonchev–Trinajstić information content (AvgIpc) is 2.88. The van der Waals surface area contributed by atoms with Crippen molar-refractivity contribution in [3.05, 3.63) is 29.3 Å². The number of hydrogen-bond acceptors (Lipinski definition) is 3. The molecular weight excluding hydrogens is 283 g/mol. The minimum absolute atomic E-state index is 0.122. The SMILES string of the molecule is CC(N)Cc1ccc(OCC2CCOC2)c(C(F)(F)F)c1. The second-order valence-electron chi connectivity index (χ2n) is 5.55. The molecule has 2 atom stereocenters. The summed E-state index contributed by atoms with van der Waals surface area (Å²) in [4.78, 5) is 0. The molecule has 1 aromatic rings. The van der Waals surface area contributed by atoms with E-state index in [0.717, 1.165) is 12.5 Å². The normalized spacial score (nSPS) is 20.5. The van der Waals surface area contributed by atoms with Gasteiger partial charge in [0.15, 0.2) is 0 Å². The van der Waals surface area contributed by atoms with Crippen molar-refractivity contribution >= 4 is 0 Å². The molecule has 0 aromatic heterocycles. The van der Waals surface area contributed by atoms with Crippen LogP contribution >= 0.6 is 0 Å². The van der Waals surface area contributed by atoms with Crippen molar-refractivity contribution in [2.24, 2.45) is 11.7 Å². The molecule has 3 nitrogen and oxygen atoms in total. The Bertz CT molecular complexity index is 468. The molecule has 6 heteroatoms. The second kappa shape index (κ2) is 6.66. The number of benzene rings is 1. The lowest BCUT2D eigenvalue weighted by Gasteiger charge is -2.17. The van der Waals surface area contributed by atoms with Crippen LogP contribution in [0.3, 0.4) is 0 Å². The molecule has 1 aliphatic rings. The number of halogens is 3. The third kappa shape index (κ3) is 4.61. The molecule has 118 valence electrons. The first-order chi connectivity index (χ1) is 9.86. The Morgan fingerprint density at radius 2 is 2.19 bits per heavy atom. The summed E-state index contributed by atoms with van der Waals surface area (Å²) in [6, 6.07) is 3.97. The zero-order valence-corrected chi connectivity index (χ0v) is 12.0. The van der Waals surface area contributed by atoms with Crippen LogP contribution < -0.4 is 10.5 Å². The van der Waals surface area contributed by atoms with Crippen molar-refractivity contribution in [1.29, 1.82) is 0 Å². The van der Waals surface area contributed by atoms with E-state index in [4.69, 9.17) is 15.2 Å². The third-order valence-electron chi connectivity index (χ3n) is 3.41. The van der Waals surface area contributed by atoms with Gasteiger partial charge in [-0.15, -0.1) is 0 Å². The molecule has 0 amide bonds. The number of alkyl halides is 3. The van der Waals surface area contributed by atoms with E-state index in [1.807, 2.05) is 0 Å². The summed E-state index contributed by atoms with van der Waals surface area (Å²) in [6.07, 6.45) is -3.21. The number of rotatable bonds is 5. The van der Waals surface area contributed by atoms with Crippen molar-refractivity contribution in [1.82, 2.24) is 0 Å². The number of hydrogen-bond donors (Lipinski definition) is 1. The summed E-state index contributed by atoms with van der Waals surface area (Å²) < 4.78 is 50.0. The standard InChI is InChI=1S/C15H20F3NO2/c1-10(19)6-11-2-3-14(13(7-11)15(16,17)18)21-9-12-4-5-20-8-12/h2-3,7,10,12H,4-6,8-9,19H2,1H3. The van der Waals surface area contributed by atoms with Gasteiger partial charge in [-0.3, -0.25) is 0 Å². The third-order valence-corrected chi connectivity index (χ3v) is 3.41. The molecule has 0 saturated carbocycles. The monoisotopic (exact) mass is 303 g/mol. The van der Waals surface area contributed by atoms with Crippen LogP contribution in [0.15, 0.2) is 18.2 Å². The topological polar surface area (TPSA) is 44.5 Å². The molecule has 2 N–H and O–H groups in total. The van der Waals surface area contributed by atoms with Gasteiger partial charge in [0.2, 0.25) is 0 Å². The highest BCUT2D eigenvalue weighted by Crippen LogP contribution is 2.37. The van der Waals surface area contributed by atoms with E-state index in [2.05, 4.69) is 0 Å². The van der Waals surface area contributed by atoms with Gasteiger partial charge in [-0.2, -0.15) is 13.2 Å². The van der Waals surface area contributed by atoms with Gasteiger partial charge in [0.1, 0.15) is 5.75 Å². The van der Waals surface area contributed by atoms with E-state index in [9.17, 15) is 13.2 Å². The Kier molecular flexibility index (Phi) is 5.11. The first-order valence-electron chi connectivity index (χ1n) is 7.02. The molecular formula is C15H20F3NO2. The molecule has 21 heavy (non-hydrogen) atoms. The molecule has 0 bridgehead atoms. The fourth-order valence-electron chi connectivity index (χ4n) is 2.35. The van der Waals surface area contributed by atoms with E-state index in [1.165, 1.54) is 6.07 Å². The van der Waals surface area contributed by atoms with Crippen molar-refractivity contribution in [3.8, 4) is 5.75 Å². The smallest absolute Gasteiger partial charge is 0.419 e. The fraction of sp³-hybridized carbons (Fsp3) is 0.600. The largest absolute Gasteiger partial charge is 0.493 e. The molecule has 0 spiro atoms. The Balaban J connectivity index is 2.14. The van der Waals surface area contributed by atoms with Crippen LogP contribution in [0.5, 0.6) is 5.75 Å². The summed E-state index contributed by atoms with van der Waals surface area (Å²) in [5.41, 5.74) is 5.46. The molecule has 0 radical (unpaired) electrons. The minimum Gasteiger partial charge on any atom is -0.493 e. The maximum Gasteiger partial charge on any atom is 0.419 e. The van der Waals surface area contributed by atoms with Crippen LogP contribution in [0.25, 0.3) is 0 Å². The molecule has 1 aromatic carbocycles. The van der Waals surface area contributed by atoms with E-state index < -0.39 is 11.7 Å². The van der Waals surface area contributed by atoms with Gasteiger partial charge in [0.25, 0.3) is 0 Å². The van der Waals surface area contributed by atoms with E-state index in [0.29, 0.717) is 25.2 Å². The highest BCUT2D eigenvalue weighted by atomic mass is 19.4. The second-order valence-corrected chi connectivity index (χ2v) is 5.55. The van der Waals surface area contributed by atoms with Crippen LogP contribution in [0.2, 0.25) is 0 Å². The Labute approximate surface area is 122 Å².